The van der Waals surface area contributed by atoms with Crippen molar-refractivity contribution in [2.75, 3.05) is 0 Å². The lowest BCUT2D eigenvalue weighted by Gasteiger charge is -2.22. The molecule has 4 aromatic rings. The van der Waals surface area contributed by atoms with Crippen molar-refractivity contribution < 1.29 is 0 Å². The molecule has 176 valence electrons. The second kappa shape index (κ2) is 10.2. The highest BCUT2D eigenvalue weighted by Gasteiger charge is 2.22. The number of nitrogens with zero attached hydrogens (tertiary/aromatic N) is 5. The number of imidazole rings is 1. The number of rotatable bonds is 8. The summed E-state index contributed by atoms with van der Waals surface area (Å²) in [5.74, 6) is 1.07. The van der Waals surface area contributed by atoms with Gasteiger partial charge in [0.25, 0.3) is 0 Å². The van der Waals surface area contributed by atoms with Gasteiger partial charge in [-0.1, -0.05) is 81.1 Å². The minimum atomic E-state index is 0.126. The van der Waals surface area contributed by atoms with Crippen LogP contribution in [0.15, 0.2) is 59.5 Å². The van der Waals surface area contributed by atoms with Gasteiger partial charge in [0.05, 0.1) is 6.54 Å². The van der Waals surface area contributed by atoms with Crippen molar-refractivity contribution in [3.8, 4) is 22.5 Å². The summed E-state index contributed by atoms with van der Waals surface area (Å²) in [6, 6.07) is 16.6. The molecular weight excluding hydrogens is 424 g/mol. The van der Waals surface area contributed by atoms with E-state index < -0.39 is 0 Å². The predicted octanol–water partition coefficient (Wildman–Crippen LogP) is 5.39. The number of H-pyrrole nitrogens is 1. The molecule has 1 aliphatic carbocycles. The van der Waals surface area contributed by atoms with Gasteiger partial charge >= 0.3 is 5.69 Å². The van der Waals surface area contributed by atoms with Crippen LogP contribution < -0.4 is 5.69 Å². The van der Waals surface area contributed by atoms with Gasteiger partial charge in [0.1, 0.15) is 0 Å². The number of aromatic amines is 1. The van der Waals surface area contributed by atoms with Gasteiger partial charge < -0.3 is 0 Å². The van der Waals surface area contributed by atoms with Crippen LogP contribution in [0.2, 0.25) is 0 Å². The van der Waals surface area contributed by atoms with Crippen LogP contribution in [0.25, 0.3) is 22.5 Å². The van der Waals surface area contributed by atoms with Crippen molar-refractivity contribution >= 4 is 0 Å². The molecule has 0 atom stereocenters. The number of benzene rings is 2. The zero-order valence-electron chi connectivity index (χ0n) is 19.8. The Bertz CT molecular complexity index is 1260. The smallest absolute Gasteiger partial charge is 0.299 e. The average molecular weight is 457 g/mol. The molecule has 1 saturated carbocycles. The normalized spacial score (nSPS) is 14.5. The third kappa shape index (κ3) is 4.60. The highest BCUT2D eigenvalue weighted by atomic mass is 16.1. The molecule has 1 fully saturated rings. The van der Waals surface area contributed by atoms with Crippen LogP contribution in [0.1, 0.15) is 69.0 Å². The Morgan fingerprint density at radius 2 is 1.76 bits per heavy atom. The van der Waals surface area contributed by atoms with E-state index in [1.807, 2.05) is 27.3 Å². The van der Waals surface area contributed by atoms with Crippen molar-refractivity contribution in [1.29, 1.82) is 0 Å². The Hall–Kier alpha value is -3.48. The lowest BCUT2D eigenvalue weighted by atomic mass is 9.87. The molecule has 0 saturated heterocycles. The first-order valence-electron chi connectivity index (χ1n) is 12.5. The monoisotopic (exact) mass is 456 g/mol. The number of hydrogen-bond donors (Lipinski definition) is 1. The van der Waals surface area contributed by atoms with Gasteiger partial charge in [-0.3, -0.25) is 9.13 Å². The summed E-state index contributed by atoms with van der Waals surface area (Å²) in [5, 5.41) is 14.5. The maximum Gasteiger partial charge on any atom is 0.328 e. The molecule has 34 heavy (non-hydrogen) atoms. The summed E-state index contributed by atoms with van der Waals surface area (Å²) in [6.45, 7) is 3.58. The third-order valence-electron chi connectivity index (χ3n) is 6.97. The Morgan fingerprint density at radius 1 is 1.00 bits per heavy atom. The molecule has 5 rings (SSSR count). The second-order valence-corrected chi connectivity index (χ2v) is 9.28. The molecule has 0 bridgehead atoms. The maximum absolute atomic E-state index is 13.3. The van der Waals surface area contributed by atoms with Gasteiger partial charge in [-0.25, -0.2) is 4.79 Å². The molecule has 1 aliphatic rings. The SMILES string of the molecule is CCCCn1cc(C2CCCCC2)n(Cc2ccc(-c3ccccc3-c3nn[nH]n3)cc2)c1=O. The van der Waals surface area contributed by atoms with Crippen LogP contribution in [-0.4, -0.2) is 29.8 Å². The average Bonchev–Trinajstić information content (AvgIpc) is 3.53. The third-order valence-corrected chi connectivity index (χ3v) is 6.97. The number of tetrazole rings is 1. The fraction of sp³-hybridized carbons (Fsp3) is 0.407. The number of nitrogens with one attached hydrogen (secondary N) is 1. The van der Waals surface area contributed by atoms with E-state index in [2.05, 4.69) is 64.1 Å². The molecule has 0 spiro atoms. The minimum absolute atomic E-state index is 0.126. The number of hydrogen-bond acceptors (Lipinski definition) is 4. The molecule has 2 aromatic carbocycles. The summed E-state index contributed by atoms with van der Waals surface area (Å²) >= 11 is 0. The highest BCUT2D eigenvalue weighted by molar-refractivity contribution is 5.80. The topological polar surface area (TPSA) is 81.4 Å². The Kier molecular flexibility index (Phi) is 6.70. The molecule has 7 nitrogen and oxygen atoms in total. The largest absolute Gasteiger partial charge is 0.328 e. The van der Waals surface area contributed by atoms with E-state index in [4.69, 9.17) is 0 Å². The fourth-order valence-electron chi connectivity index (χ4n) is 5.10. The molecule has 0 unspecified atom stereocenters. The van der Waals surface area contributed by atoms with Crippen LogP contribution in [-0.2, 0) is 13.1 Å². The first-order valence-corrected chi connectivity index (χ1v) is 12.5. The Labute approximate surface area is 199 Å². The highest BCUT2D eigenvalue weighted by Crippen LogP contribution is 2.33. The zero-order valence-corrected chi connectivity index (χ0v) is 19.8. The van der Waals surface area contributed by atoms with Gasteiger partial charge in [0.2, 0.25) is 5.82 Å². The van der Waals surface area contributed by atoms with Crippen LogP contribution >= 0.6 is 0 Å². The summed E-state index contributed by atoms with van der Waals surface area (Å²) in [7, 11) is 0. The minimum Gasteiger partial charge on any atom is -0.299 e. The van der Waals surface area contributed by atoms with E-state index >= 15 is 0 Å². The van der Waals surface area contributed by atoms with Crippen LogP contribution in [0.3, 0.4) is 0 Å². The lowest BCUT2D eigenvalue weighted by Crippen LogP contribution is -2.26. The second-order valence-electron chi connectivity index (χ2n) is 9.28. The summed E-state index contributed by atoms with van der Waals surface area (Å²) in [6.07, 6.45) is 10.5. The molecule has 1 N–H and O–H groups in total. The van der Waals surface area contributed by atoms with Gasteiger partial charge in [0, 0.05) is 29.9 Å². The van der Waals surface area contributed by atoms with Gasteiger partial charge in [-0.05, 0) is 41.2 Å². The van der Waals surface area contributed by atoms with Gasteiger partial charge in [0.15, 0.2) is 0 Å². The standard InChI is InChI=1S/C27H32N6O/c1-2-3-17-32-19-25(22-9-5-4-6-10-22)33(27(32)34)18-20-13-15-21(16-14-20)23-11-7-8-12-24(23)26-28-30-31-29-26/h7-8,11-16,19,22H,2-6,9-10,17-18H2,1H3,(H,28,29,30,31). The van der Waals surface area contributed by atoms with Crippen molar-refractivity contribution in [3.63, 3.8) is 0 Å². The van der Waals surface area contributed by atoms with E-state index in [1.165, 1.54) is 37.8 Å². The van der Waals surface area contributed by atoms with Gasteiger partial charge in [-0.2, -0.15) is 5.21 Å². The van der Waals surface area contributed by atoms with Crippen LogP contribution in [0.5, 0.6) is 0 Å². The van der Waals surface area contributed by atoms with Crippen LogP contribution in [0, 0.1) is 0 Å². The quantitative estimate of drug-likeness (QED) is 0.385. The van der Waals surface area contributed by atoms with E-state index in [-0.39, 0.29) is 5.69 Å². The first-order chi connectivity index (χ1) is 16.7. The van der Waals surface area contributed by atoms with Gasteiger partial charge in [-0.15, -0.1) is 10.2 Å². The Balaban J connectivity index is 1.43. The van der Waals surface area contributed by atoms with E-state index in [0.717, 1.165) is 41.6 Å². The number of aryl methyl sites for hydroxylation is 1. The van der Waals surface area contributed by atoms with E-state index in [9.17, 15) is 4.79 Å². The first kappa shape index (κ1) is 22.3. The molecule has 2 heterocycles. The number of aromatic nitrogens is 6. The maximum atomic E-state index is 13.3. The fourth-order valence-corrected chi connectivity index (χ4v) is 5.10. The Morgan fingerprint density at radius 3 is 2.47 bits per heavy atom. The molecule has 0 aliphatic heterocycles. The molecule has 0 radical (unpaired) electrons. The summed E-state index contributed by atoms with van der Waals surface area (Å²) < 4.78 is 3.96. The predicted molar refractivity (Wildman–Crippen MR) is 134 cm³/mol. The van der Waals surface area contributed by atoms with Crippen molar-refractivity contribution in [2.45, 2.75) is 70.9 Å². The lowest BCUT2D eigenvalue weighted by molar-refractivity contribution is 0.425. The molecule has 7 heteroatoms. The molecular formula is C27H32N6O. The molecule has 2 aromatic heterocycles. The summed E-state index contributed by atoms with van der Waals surface area (Å²) in [4.78, 5) is 13.3. The number of unbranched alkanes of at least 4 members (excludes halogenated alkanes) is 1. The molecule has 0 amide bonds. The van der Waals surface area contributed by atoms with Crippen molar-refractivity contribution in [2.24, 2.45) is 0 Å². The van der Waals surface area contributed by atoms with Crippen molar-refractivity contribution in [3.05, 3.63) is 76.5 Å². The summed E-state index contributed by atoms with van der Waals surface area (Å²) in [5.41, 5.74) is 5.56. The van der Waals surface area contributed by atoms with Crippen molar-refractivity contribution in [1.82, 2.24) is 29.8 Å². The van der Waals surface area contributed by atoms with E-state index in [0.29, 0.717) is 18.3 Å². The van der Waals surface area contributed by atoms with E-state index in [1.54, 1.807) is 0 Å². The van der Waals surface area contributed by atoms with Crippen LogP contribution in [0.4, 0.5) is 0 Å². The zero-order chi connectivity index (χ0) is 23.3.